The Balaban J connectivity index is 2.15. The number of carbonyl (C=O) groups excluding carboxylic acids is 1. The summed E-state index contributed by atoms with van der Waals surface area (Å²) in [6.45, 7) is 0.429. The highest BCUT2D eigenvalue weighted by Gasteiger charge is 2.26. The second-order valence-corrected chi connectivity index (χ2v) is 4.25. The first kappa shape index (κ1) is 8.92. The van der Waals surface area contributed by atoms with Gasteiger partial charge in [-0.3, -0.25) is 4.79 Å². The van der Waals surface area contributed by atoms with Gasteiger partial charge in [-0.25, -0.2) is 0 Å². The van der Waals surface area contributed by atoms with E-state index in [1.54, 1.807) is 0 Å². The normalized spacial score (nSPS) is 24.0. The molecule has 0 aromatic heterocycles. The standard InChI is InChI=1S/C12H14N2O/c15-11-7-13-9-5-1-3-8-4-2-6-10(14-11)12(8)9/h2,4,6,9,13H,1,3,5,7H2,(H,14,15)/t9-/m0/s1. The van der Waals surface area contributed by atoms with Crippen molar-refractivity contribution in [2.45, 2.75) is 25.3 Å². The molecular weight excluding hydrogens is 188 g/mol. The van der Waals surface area contributed by atoms with Crippen LogP contribution in [-0.4, -0.2) is 12.5 Å². The monoisotopic (exact) mass is 202 g/mol. The molecule has 3 heteroatoms. The van der Waals surface area contributed by atoms with Crippen LogP contribution in [0.5, 0.6) is 0 Å². The quantitative estimate of drug-likeness (QED) is 0.671. The smallest absolute Gasteiger partial charge is 0.238 e. The lowest BCUT2D eigenvalue weighted by Crippen LogP contribution is -2.28. The van der Waals surface area contributed by atoms with Crippen LogP contribution < -0.4 is 10.6 Å². The summed E-state index contributed by atoms with van der Waals surface area (Å²) < 4.78 is 0. The molecule has 2 N–H and O–H groups in total. The average Bonchev–Trinajstić information content (AvgIpc) is 2.41. The SMILES string of the molecule is O=C1CN[C@H]2CCCc3cccc(c32)N1. The van der Waals surface area contributed by atoms with E-state index >= 15 is 0 Å². The molecular formula is C12H14N2O. The molecule has 1 heterocycles. The molecule has 0 saturated heterocycles. The fraction of sp³-hybridized carbons (Fsp3) is 0.417. The predicted octanol–water partition coefficient (Wildman–Crippen LogP) is 1.61. The lowest BCUT2D eigenvalue weighted by molar-refractivity contribution is -0.115. The molecule has 1 aliphatic carbocycles. The molecule has 1 aromatic rings. The van der Waals surface area contributed by atoms with Crippen LogP contribution in [0.4, 0.5) is 5.69 Å². The number of rotatable bonds is 0. The number of benzene rings is 1. The van der Waals surface area contributed by atoms with Crippen LogP contribution in [0.2, 0.25) is 0 Å². The minimum atomic E-state index is 0.0674. The van der Waals surface area contributed by atoms with Crippen LogP contribution in [0.1, 0.15) is 30.0 Å². The summed E-state index contributed by atoms with van der Waals surface area (Å²) in [7, 11) is 0. The molecule has 1 atom stereocenters. The van der Waals surface area contributed by atoms with Gasteiger partial charge in [0.1, 0.15) is 0 Å². The molecule has 2 aliphatic rings. The fourth-order valence-electron chi connectivity index (χ4n) is 2.61. The number of amides is 1. The largest absolute Gasteiger partial charge is 0.325 e. The number of aryl methyl sites for hydroxylation is 1. The molecule has 0 radical (unpaired) electrons. The molecule has 1 aromatic carbocycles. The fourth-order valence-corrected chi connectivity index (χ4v) is 2.61. The number of hydrogen-bond acceptors (Lipinski definition) is 2. The van der Waals surface area contributed by atoms with Crippen molar-refractivity contribution >= 4 is 11.6 Å². The zero-order valence-corrected chi connectivity index (χ0v) is 8.55. The van der Waals surface area contributed by atoms with Gasteiger partial charge in [-0.05, 0) is 36.5 Å². The van der Waals surface area contributed by atoms with Crippen LogP contribution in [0.15, 0.2) is 18.2 Å². The van der Waals surface area contributed by atoms with Crippen molar-refractivity contribution in [3.05, 3.63) is 29.3 Å². The van der Waals surface area contributed by atoms with E-state index in [1.807, 2.05) is 12.1 Å². The average molecular weight is 202 g/mol. The van der Waals surface area contributed by atoms with E-state index in [1.165, 1.54) is 17.5 Å². The second-order valence-electron chi connectivity index (χ2n) is 4.25. The Kier molecular flexibility index (Phi) is 1.99. The van der Waals surface area contributed by atoms with Gasteiger partial charge >= 0.3 is 0 Å². The van der Waals surface area contributed by atoms with Crippen LogP contribution in [0.25, 0.3) is 0 Å². The zero-order chi connectivity index (χ0) is 10.3. The van der Waals surface area contributed by atoms with Gasteiger partial charge in [-0.1, -0.05) is 12.1 Å². The molecule has 1 amide bonds. The molecule has 0 spiro atoms. The molecule has 3 nitrogen and oxygen atoms in total. The minimum absolute atomic E-state index is 0.0674. The molecule has 0 bridgehead atoms. The molecule has 0 saturated carbocycles. The number of carbonyl (C=O) groups is 1. The van der Waals surface area contributed by atoms with E-state index in [9.17, 15) is 4.79 Å². The van der Waals surface area contributed by atoms with Gasteiger partial charge in [0.15, 0.2) is 0 Å². The first-order valence-electron chi connectivity index (χ1n) is 5.49. The van der Waals surface area contributed by atoms with Crippen LogP contribution >= 0.6 is 0 Å². The van der Waals surface area contributed by atoms with Gasteiger partial charge in [-0.15, -0.1) is 0 Å². The lowest BCUT2D eigenvalue weighted by atomic mass is 9.87. The lowest BCUT2D eigenvalue weighted by Gasteiger charge is -2.25. The Morgan fingerprint density at radius 2 is 2.27 bits per heavy atom. The third-order valence-electron chi connectivity index (χ3n) is 3.27. The maximum absolute atomic E-state index is 11.5. The first-order chi connectivity index (χ1) is 7.34. The van der Waals surface area contributed by atoms with Crippen molar-refractivity contribution < 1.29 is 4.79 Å². The zero-order valence-electron chi connectivity index (χ0n) is 8.55. The highest BCUT2D eigenvalue weighted by atomic mass is 16.1. The molecule has 15 heavy (non-hydrogen) atoms. The summed E-state index contributed by atoms with van der Waals surface area (Å²) in [5, 5.41) is 6.28. The number of anilines is 1. The van der Waals surface area contributed by atoms with Crippen molar-refractivity contribution in [1.29, 1.82) is 0 Å². The van der Waals surface area contributed by atoms with Crippen LogP contribution in [0, 0.1) is 0 Å². The number of hydrogen-bond donors (Lipinski definition) is 2. The van der Waals surface area contributed by atoms with E-state index in [0.29, 0.717) is 12.6 Å². The highest BCUT2D eigenvalue weighted by Crippen LogP contribution is 2.36. The Bertz CT molecular complexity index is 414. The topological polar surface area (TPSA) is 41.1 Å². The van der Waals surface area contributed by atoms with E-state index in [-0.39, 0.29) is 5.91 Å². The summed E-state index contributed by atoms with van der Waals surface area (Å²) in [6.07, 6.45) is 3.48. The Morgan fingerprint density at radius 1 is 1.33 bits per heavy atom. The molecule has 0 fully saturated rings. The first-order valence-corrected chi connectivity index (χ1v) is 5.49. The molecule has 1 aliphatic heterocycles. The van der Waals surface area contributed by atoms with Crippen molar-refractivity contribution in [3.63, 3.8) is 0 Å². The summed E-state index contributed by atoms with van der Waals surface area (Å²) in [6, 6.07) is 6.57. The van der Waals surface area contributed by atoms with Gasteiger partial charge in [0.2, 0.25) is 5.91 Å². The van der Waals surface area contributed by atoms with Gasteiger partial charge in [-0.2, -0.15) is 0 Å². The number of nitrogens with one attached hydrogen (secondary N) is 2. The molecule has 0 unspecified atom stereocenters. The Labute approximate surface area is 88.9 Å². The Hall–Kier alpha value is -1.35. The molecule has 78 valence electrons. The van der Waals surface area contributed by atoms with E-state index in [4.69, 9.17) is 0 Å². The van der Waals surface area contributed by atoms with E-state index in [2.05, 4.69) is 16.7 Å². The van der Waals surface area contributed by atoms with Crippen LogP contribution in [0.3, 0.4) is 0 Å². The summed E-state index contributed by atoms with van der Waals surface area (Å²) in [5.41, 5.74) is 3.71. The highest BCUT2D eigenvalue weighted by molar-refractivity contribution is 5.94. The summed E-state index contributed by atoms with van der Waals surface area (Å²) >= 11 is 0. The van der Waals surface area contributed by atoms with Gasteiger partial charge < -0.3 is 10.6 Å². The van der Waals surface area contributed by atoms with Crippen molar-refractivity contribution in [3.8, 4) is 0 Å². The Morgan fingerprint density at radius 3 is 3.20 bits per heavy atom. The third kappa shape index (κ3) is 1.43. The van der Waals surface area contributed by atoms with Gasteiger partial charge in [0.05, 0.1) is 6.54 Å². The van der Waals surface area contributed by atoms with Gasteiger partial charge in [0.25, 0.3) is 0 Å². The summed E-state index contributed by atoms with van der Waals surface area (Å²) in [4.78, 5) is 11.5. The van der Waals surface area contributed by atoms with Gasteiger partial charge in [0, 0.05) is 11.7 Å². The third-order valence-corrected chi connectivity index (χ3v) is 3.27. The second kappa shape index (κ2) is 3.35. The summed E-state index contributed by atoms with van der Waals surface area (Å²) in [5.74, 6) is 0.0674. The van der Waals surface area contributed by atoms with Crippen molar-refractivity contribution in [2.24, 2.45) is 0 Å². The van der Waals surface area contributed by atoms with E-state index < -0.39 is 0 Å². The van der Waals surface area contributed by atoms with E-state index in [0.717, 1.165) is 18.5 Å². The van der Waals surface area contributed by atoms with Crippen LogP contribution in [-0.2, 0) is 11.2 Å². The predicted molar refractivity (Wildman–Crippen MR) is 58.8 cm³/mol. The maximum atomic E-state index is 11.5. The maximum Gasteiger partial charge on any atom is 0.238 e. The molecule has 3 rings (SSSR count). The minimum Gasteiger partial charge on any atom is -0.325 e. The van der Waals surface area contributed by atoms with Crippen molar-refractivity contribution in [2.75, 3.05) is 11.9 Å². The van der Waals surface area contributed by atoms with Crippen molar-refractivity contribution in [1.82, 2.24) is 5.32 Å².